The summed E-state index contributed by atoms with van der Waals surface area (Å²) >= 11 is 0. The number of carbonyl (C=O) groups is 1. The first-order valence-electron chi connectivity index (χ1n) is 6.96. The van der Waals surface area contributed by atoms with Gasteiger partial charge in [-0.05, 0) is 30.9 Å². The van der Waals surface area contributed by atoms with Crippen LogP contribution < -0.4 is 5.32 Å². The van der Waals surface area contributed by atoms with Gasteiger partial charge in [0.15, 0.2) is 0 Å². The summed E-state index contributed by atoms with van der Waals surface area (Å²) in [4.78, 5) is 20.3. The molecule has 2 aromatic rings. The molecular weight excluding hydrogens is 270 g/mol. The molecule has 7 nitrogen and oxygen atoms in total. The van der Waals surface area contributed by atoms with E-state index in [-0.39, 0.29) is 29.8 Å². The predicted molar refractivity (Wildman–Crippen MR) is 74.3 cm³/mol. The number of aromatic nitrogens is 4. The van der Waals surface area contributed by atoms with Gasteiger partial charge in [-0.3, -0.25) is 14.9 Å². The fourth-order valence-corrected chi connectivity index (χ4v) is 2.59. The van der Waals surface area contributed by atoms with E-state index in [1.165, 1.54) is 6.33 Å². The van der Waals surface area contributed by atoms with Gasteiger partial charge in [-0.25, -0.2) is 4.98 Å². The number of hydrogen-bond acceptors (Lipinski definition) is 5. The minimum Gasteiger partial charge on any atom is -0.393 e. The van der Waals surface area contributed by atoms with Crippen LogP contribution in [0.4, 0.5) is 0 Å². The number of hydrogen-bond donors (Lipinski definition) is 3. The third-order valence-electron chi connectivity index (χ3n) is 3.82. The summed E-state index contributed by atoms with van der Waals surface area (Å²) in [5, 5.41) is 18.7. The maximum atomic E-state index is 12.1. The molecule has 1 saturated carbocycles. The summed E-state index contributed by atoms with van der Waals surface area (Å²) in [5.41, 5.74) is 0.918. The summed E-state index contributed by atoms with van der Waals surface area (Å²) in [5.74, 6) is 0.171. The summed E-state index contributed by atoms with van der Waals surface area (Å²) in [6, 6.07) is 5.65. The molecule has 0 aromatic carbocycles. The van der Waals surface area contributed by atoms with E-state index < -0.39 is 0 Å². The van der Waals surface area contributed by atoms with Gasteiger partial charge in [0.05, 0.1) is 6.10 Å². The maximum Gasteiger partial charge on any atom is 0.288 e. The van der Waals surface area contributed by atoms with E-state index in [2.05, 4.69) is 25.5 Å². The van der Waals surface area contributed by atoms with Crippen LogP contribution in [0.1, 0.15) is 29.2 Å². The van der Waals surface area contributed by atoms with Gasteiger partial charge in [-0.15, -0.1) is 0 Å². The third-order valence-corrected chi connectivity index (χ3v) is 3.82. The molecule has 0 saturated heterocycles. The van der Waals surface area contributed by atoms with E-state index in [1.807, 2.05) is 18.2 Å². The largest absolute Gasteiger partial charge is 0.393 e. The van der Waals surface area contributed by atoms with Gasteiger partial charge < -0.3 is 10.4 Å². The van der Waals surface area contributed by atoms with E-state index in [1.54, 1.807) is 6.20 Å². The Morgan fingerprint density at radius 2 is 2.29 bits per heavy atom. The van der Waals surface area contributed by atoms with Crippen LogP contribution >= 0.6 is 0 Å². The number of amides is 1. The molecule has 0 aliphatic heterocycles. The molecule has 2 heterocycles. The second-order valence-corrected chi connectivity index (χ2v) is 5.32. The lowest BCUT2D eigenvalue weighted by Crippen LogP contribution is -2.48. The van der Waals surface area contributed by atoms with Crippen molar-refractivity contribution < 1.29 is 9.90 Å². The van der Waals surface area contributed by atoms with Crippen molar-refractivity contribution in [3.8, 4) is 0 Å². The first-order valence-corrected chi connectivity index (χ1v) is 6.96. The fourth-order valence-electron chi connectivity index (χ4n) is 2.59. The minimum absolute atomic E-state index is 0.0686. The fraction of sp³-hybridized carbons (Fsp3) is 0.429. The number of nitrogens with zero attached hydrogens (tertiary/aromatic N) is 3. The van der Waals surface area contributed by atoms with Crippen LogP contribution in [0.3, 0.4) is 0 Å². The molecule has 21 heavy (non-hydrogen) atoms. The zero-order valence-corrected chi connectivity index (χ0v) is 11.4. The van der Waals surface area contributed by atoms with Gasteiger partial charge in [0, 0.05) is 24.4 Å². The van der Waals surface area contributed by atoms with E-state index in [9.17, 15) is 9.90 Å². The molecular formula is C14H17N5O2. The molecule has 3 rings (SSSR count). The Bertz CT molecular complexity index is 581. The highest BCUT2D eigenvalue weighted by molar-refractivity contribution is 5.90. The average Bonchev–Trinajstić information content (AvgIpc) is 2.98. The van der Waals surface area contributed by atoms with E-state index >= 15 is 0 Å². The molecule has 0 unspecified atom stereocenters. The molecule has 0 spiro atoms. The van der Waals surface area contributed by atoms with Gasteiger partial charge in [0.2, 0.25) is 5.82 Å². The molecule has 1 atom stereocenters. The van der Waals surface area contributed by atoms with E-state index in [4.69, 9.17) is 0 Å². The molecule has 7 heteroatoms. The molecule has 1 aliphatic rings. The van der Waals surface area contributed by atoms with Gasteiger partial charge in [-0.1, -0.05) is 6.07 Å². The molecule has 110 valence electrons. The van der Waals surface area contributed by atoms with Crippen molar-refractivity contribution in [2.24, 2.45) is 5.92 Å². The van der Waals surface area contributed by atoms with Crippen molar-refractivity contribution in [2.75, 3.05) is 0 Å². The number of rotatable bonds is 5. The number of aromatic amines is 1. The highest BCUT2D eigenvalue weighted by Crippen LogP contribution is 2.31. The first-order chi connectivity index (χ1) is 10.2. The average molecular weight is 287 g/mol. The lowest BCUT2D eigenvalue weighted by atomic mass is 9.76. The Kier molecular flexibility index (Phi) is 3.92. The zero-order chi connectivity index (χ0) is 14.7. The van der Waals surface area contributed by atoms with Crippen LogP contribution in [0.15, 0.2) is 30.7 Å². The highest BCUT2D eigenvalue weighted by Gasteiger charge is 2.35. The Morgan fingerprint density at radius 3 is 2.90 bits per heavy atom. The first kappa shape index (κ1) is 13.7. The molecule has 1 aliphatic carbocycles. The Labute approximate surface area is 121 Å². The van der Waals surface area contributed by atoms with Crippen LogP contribution in [-0.2, 0) is 6.42 Å². The van der Waals surface area contributed by atoms with Crippen LogP contribution in [0.25, 0.3) is 0 Å². The monoisotopic (exact) mass is 287 g/mol. The lowest BCUT2D eigenvalue weighted by molar-refractivity contribution is 0.0236. The second-order valence-electron chi connectivity index (χ2n) is 5.32. The third kappa shape index (κ3) is 3.25. The van der Waals surface area contributed by atoms with E-state index in [0.717, 1.165) is 5.69 Å². The number of aliphatic hydroxyl groups is 1. The van der Waals surface area contributed by atoms with Gasteiger partial charge in [-0.2, -0.15) is 5.10 Å². The molecule has 1 amide bonds. The van der Waals surface area contributed by atoms with Crippen LogP contribution in [0.2, 0.25) is 0 Å². The SMILES string of the molecule is O=C(N[C@H](Cc1ccccn1)C1CC(O)C1)c1ncn[nH]1. The topological polar surface area (TPSA) is 104 Å². The molecule has 1 fully saturated rings. The smallest absolute Gasteiger partial charge is 0.288 e. The molecule has 3 N–H and O–H groups in total. The van der Waals surface area contributed by atoms with Gasteiger partial charge >= 0.3 is 0 Å². The van der Waals surface area contributed by atoms with Crippen molar-refractivity contribution in [1.29, 1.82) is 0 Å². The van der Waals surface area contributed by atoms with Gasteiger partial charge in [0.25, 0.3) is 5.91 Å². The van der Waals surface area contributed by atoms with Crippen molar-refractivity contribution in [3.05, 3.63) is 42.2 Å². The Balaban J connectivity index is 1.69. The van der Waals surface area contributed by atoms with Crippen molar-refractivity contribution in [2.45, 2.75) is 31.4 Å². The normalized spacial score (nSPS) is 22.3. The summed E-state index contributed by atoms with van der Waals surface area (Å²) < 4.78 is 0. The second kappa shape index (κ2) is 6.01. The Morgan fingerprint density at radius 1 is 1.43 bits per heavy atom. The van der Waals surface area contributed by atoms with Crippen molar-refractivity contribution in [1.82, 2.24) is 25.5 Å². The van der Waals surface area contributed by atoms with E-state index in [0.29, 0.717) is 19.3 Å². The minimum atomic E-state index is -0.283. The van der Waals surface area contributed by atoms with Crippen molar-refractivity contribution >= 4 is 5.91 Å². The van der Waals surface area contributed by atoms with Crippen molar-refractivity contribution in [3.63, 3.8) is 0 Å². The van der Waals surface area contributed by atoms with Gasteiger partial charge in [0.1, 0.15) is 6.33 Å². The molecule has 0 bridgehead atoms. The standard InChI is InChI=1S/C14H17N5O2/c20-11-5-9(6-11)12(7-10-3-1-2-4-15-10)18-14(21)13-16-8-17-19-13/h1-4,8-9,11-12,20H,5-7H2,(H,18,21)(H,16,17,19)/t9?,11?,12-/m1/s1. The summed E-state index contributed by atoms with van der Waals surface area (Å²) in [6.45, 7) is 0. The number of pyridine rings is 1. The quantitative estimate of drug-likeness (QED) is 0.734. The predicted octanol–water partition coefficient (Wildman–Crippen LogP) is 0.312. The Hall–Kier alpha value is -2.28. The highest BCUT2D eigenvalue weighted by atomic mass is 16.3. The maximum absolute atomic E-state index is 12.1. The lowest BCUT2D eigenvalue weighted by Gasteiger charge is -2.37. The molecule has 0 radical (unpaired) electrons. The number of aliphatic hydroxyl groups excluding tert-OH is 1. The number of nitrogens with one attached hydrogen (secondary N) is 2. The summed E-state index contributed by atoms with van der Waals surface area (Å²) in [7, 11) is 0. The number of H-pyrrole nitrogens is 1. The number of carbonyl (C=O) groups excluding carboxylic acids is 1. The summed E-state index contributed by atoms with van der Waals surface area (Å²) in [6.07, 6.45) is 4.82. The van der Waals surface area contributed by atoms with Crippen LogP contribution in [0, 0.1) is 5.92 Å². The van der Waals surface area contributed by atoms with Crippen LogP contribution in [-0.4, -0.2) is 43.3 Å². The van der Waals surface area contributed by atoms with Crippen LogP contribution in [0.5, 0.6) is 0 Å². The zero-order valence-electron chi connectivity index (χ0n) is 11.4. The molecule has 2 aromatic heterocycles.